The molecule has 0 radical (unpaired) electrons. The second-order valence-electron chi connectivity index (χ2n) is 6.68. The minimum atomic E-state index is -0.591. The van der Waals surface area contributed by atoms with Crippen molar-refractivity contribution in [2.45, 2.75) is 37.4 Å². The molecule has 3 heterocycles. The van der Waals surface area contributed by atoms with Crippen LogP contribution in [0.1, 0.15) is 25.7 Å². The van der Waals surface area contributed by atoms with Crippen molar-refractivity contribution in [3.8, 4) is 0 Å². The van der Waals surface area contributed by atoms with Crippen LogP contribution in [0, 0.1) is 11.8 Å². The monoisotopic (exact) mass is 276 g/mol. The number of nitrogens with two attached hydrogens (primary N) is 2. The van der Waals surface area contributed by atoms with Gasteiger partial charge in [0.15, 0.2) is 5.96 Å². The number of hydrogen-bond donors (Lipinski definition) is 4. The van der Waals surface area contributed by atoms with E-state index in [4.69, 9.17) is 11.5 Å². The normalized spacial score (nSPS) is 40.8. The van der Waals surface area contributed by atoms with Gasteiger partial charge in [0.05, 0.1) is 0 Å². The summed E-state index contributed by atoms with van der Waals surface area (Å²) in [7, 11) is 0. The molecule has 3 aliphatic heterocycles. The predicted molar refractivity (Wildman–Crippen MR) is 78.6 cm³/mol. The van der Waals surface area contributed by atoms with E-state index >= 15 is 0 Å². The molecule has 4 aliphatic rings. The summed E-state index contributed by atoms with van der Waals surface area (Å²) in [5.74, 6) is 2.73. The number of nitrogens with zero attached hydrogens (tertiary/aromatic N) is 2. The quantitative estimate of drug-likeness (QED) is 0.545. The Hall–Kier alpha value is -1.27. The van der Waals surface area contributed by atoms with Gasteiger partial charge in [-0.25, -0.2) is 4.99 Å². The molecule has 6 N–H and O–H groups in total. The zero-order valence-corrected chi connectivity index (χ0v) is 11.8. The van der Waals surface area contributed by atoms with E-state index in [2.05, 4.69) is 26.6 Å². The first-order chi connectivity index (χ1) is 9.64. The van der Waals surface area contributed by atoms with E-state index in [-0.39, 0.29) is 0 Å². The summed E-state index contributed by atoms with van der Waals surface area (Å²) in [6, 6.07) is 0.611. The largest absolute Gasteiger partial charge is 0.370 e. The number of nitrogens with one attached hydrogen (secondary N) is 2. The maximum atomic E-state index is 6.43. The van der Waals surface area contributed by atoms with Gasteiger partial charge in [-0.3, -0.25) is 0 Å². The lowest BCUT2D eigenvalue weighted by Gasteiger charge is -2.32. The summed E-state index contributed by atoms with van der Waals surface area (Å²) in [5, 5.41) is 6.84. The first-order valence-electron chi connectivity index (χ1n) is 7.76. The Morgan fingerprint density at radius 1 is 1.30 bits per heavy atom. The lowest BCUT2D eigenvalue weighted by atomic mass is 9.94. The van der Waals surface area contributed by atoms with Gasteiger partial charge < -0.3 is 27.0 Å². The molecular formula is C14H24N6. The number of hydrogen-bond acceptors (Lipinski definition) is 6. The molecule has 2 saturated heterocycles. The first kappa shape index (κ1) is 12.5. The van der Waals surface area contributed by atoms with Gasteiger partial charge in [0, 0.05) is 25.0 Å². The van der Waals surface area contributed by atoms with Crippen LogP contribution >= 0.6 is 0 Å². The summed E-state index contributed by atoms with van der Waals surface area (Å²) >= 11 is 0. The van der Waals surface area contributed by atoms with Gasteiger partial charge in [-0.05, 0) is 44.2 Å². The standard InChI is InChI=1S/C14H24N6/c15-13-18-12(6-14(16,19-13)10-3-4-10)20-7-9-2-1-5-17-11(9)8-20/h6,9-11,17H,1-5,7-8,16H2,(H3,15,18,19)/t9-,11+,14?/m1/s1. The van der Waals surface area contributed by atoms with Gasteiger partial charge in [0.1, 0.15) is 11.5 Å². The molecule has 0 aromatic heterocycles. The van der Waals surface area contributed by atoms with E-state index < -0.39 is 5.66 Å². The summed E-state index contributed by atoms with van der Waals surface area (Å²) < 4.78 is 0. The topological polar surface area (TPSA) is 91.7 Å². The van der Waals surface area contributed by atoms with Crippen LogP contribution in [0.25, 0.3) is 0 Å². The van der Waals surface area contributed by atoms with Crippen molar-refractivity contribution < 1.29 is 0 Å². The van der Waals surface area contributed by atoms with Gasteiger partial charge in [-0.1, -0.05) is 0 Å². The van der Waals surface area contributed by atoms with E-state index in [0.29, 0.717) is 17.9 Å². The molecule has 4 rings (SSSR count). The highest BCUT2D eigenvalue weighted by atomic mass is 15.3. The molecule has 110 valence electrons. The number of fused-ring (bicyclic) bond motifs is 1. The van der Waals surface area contributed by atoms with Crippen LogP contribution < -0.4 is 22.1 Å². The number of likely N-dealkylation sites (tertiary alicyclic amines) is 1. The van der Waals surface area contributed by atoms with Crippen LogP contribution in [0.4, 0.5) is 0 Å². The molecule has 0 bridgehead atoms. The maximum absolute atomic E-state index is 6.43. The van der Waals surface area contributed by atoms with Gasteiger partial charge in [0.2, 0.25) is 0 Å². The zero-order chi connectivity index (χ0) is 13.7. The van der Waals surface area contributed by atoms with Crippen LogP contribution in [0.3, 0.4) is 0 Å². The Morgan fingerprint density at radius 2 is 2.15 bits per heavy atom. The lowest BCUT2D eigenvalue weighted by Crippen LogP contribution is -2.51. The van der Waals surface area contributed by atoms with Crippen LogP contribution in [0.2, 0.25) is 0 Å². The number of aliphatic imine (C=N–C) groups is 1. The summed E-state index contributed by atoms with van der Waals surface area (Å²) in [6.45, 7) is 3.27. The van der Waals surface area contributed by atoms with E-state index in [9.17, 15) is 0 Å². The zero-order valence-electron chi connectivity index (χ0n) is 11.8. The molecule has 3 atom stereocenters. The van der Waals surface area contributed by atoms with Crippen LogP contribution in [0.15, 0.2) is 16.9 Å². The van der Waals surface area contributed by atoms with Crippen molar-refractivity contribution in [1.82, 2.24) is 15.5 Å². The molecule has 20 heavy (non-hydrogen) atoms. The molecular weight excluding hydrogens is 252 g/mol. The molecule has 0 aromatic rings. The predicted octanol–water partition coefficient (Wildman–Crippen LogP) is -0.505. The van der Waals surface area contributed by atoms with Gasteiger partial charge in [-0.15, -0.1) is 0 Å². The molecule has 1 unspecified atom stereocenters. The Bertz CT molecular complexity index is 454. The highest BCUT2D eigenvalue weighted by molar-refractivity contribution is 5.81. The molecule has 6 heteroatoms. The second kappa shape index (κ2) is 4.36. The highest BCUT2D eigenvalue weighted by Gasteiger charge is 2.44. The third-order valence-corrected chi connectivity index (χ3v) is 5.11. The molecule has 6 nitrogen and oxygen atoms in total. The molecule has 0 spiro atoms. The van der Waals surface area contributed by atoms with Gasteiger partial charge in [-0.2, -0.15) is 0 Å². The lowest BCUT2D eigenvalue weighted by molar-refractivity contribution is 0.336. The van der Waals surface area contributed by atoms with Gasteiger partial charge in [0.25, 0.3) is 0 Å². The number of guanidine groups is 1. The Morgan fingerprint density at radius 3 is 2.90 bits per heavy atom. The molecule has 3 fully saturated rings. The molecule has 1 saturated carbocycles. The Kier molecular flexibility index (Phi) is 2.72. The van der Waals surface area contributed by atoms with Crippen molar-refractivity contribution >= 4 is 5.96 Å². The van der Waals surface area contributed by atoms with Crippen molar-refractivity contribution in [3.05, 3.63) is 11.9 Å². The molecule has 0 aromatic carbocycles. The van der Waals surface area contributed by atoms with Crippen LogP contribution in [0.5, 0.6) is 0 Å². The summed E-state index contributed by atoms with van der Waals surface area (Å²) in [4.78, 5) is 6.82. The smallest absolute Gasteiger partial charge is 0.196 e. The second-order valence-corrected chi connectivity index (χ2v) is 6.68. The van der Waals surface area contributed by atoms with Crippen molar-refractivity contribution in [3.63, 3.8) is 0 Å². The summed E-state index contributed by atoms with van der Waals surface area (Å²) in [6.07, 6.45) is 7.02. The average Bonchev–Trinajstić information content (AvgIpc) is 3.18. The molecule has 0 amide bonds. The van der Waals surface area contributed by atoms with Gasteiger partial charge >= 0.3 is 0 Å². The fourth-order valence-electron chi connectivity index (χ4n) is 3.82. The maximum Gasteiger partial charge on any atom is 0.196 e. The minimum absolute atomic E-state index is 0.458. The highest BCUT2D eigenvalue weighted by Crippen LogP contribution is 2.41. The third-order valence-electron chi connectivity index (χ3n) is 5.11. The van der Waals surface area contributed by atoms with Crippen molar-refractivity contribution in [2.24, 2.45) is 28.3 Å². The van der Waals surface area contributed by atoms with E-state index in [1.54, 1.807) is 0 Å². The third kappa shape index (κ3) is 2.07. The Labute approximate surface area is 119 Å². The minimum Gasteiger partial charge on any atom is -0.370 e. The van der Waals surface area contributed by atoms with E-state index in [1.807, 2.05) is 0 Å². The SMILES string of the molecule is NC1=NC(N)(C2CC2)C=C(N2C[C@H]3CCCN[C@H]3C2)N1. The van der Waals surface area contributed by atoms with Crippen molar-refractivity contribution in [1.29, 1.82) is 0 Å². The van der Waals surface area contributed by atoms with Crippen LogP contribution in [-0.4, -0.2) is 42.2 Å². The Balaban J connectivity index is 1.55. The molecule has 1 aliphatic carbocycles. The average molecular weight is 276 g/mol. The number of piperidine rings is 1. The van der Waals surface area contributed by atoms with Crippen molar-refractivity contribution in [2.75, 3.05) is 19.6 Å². The fourth-order valence-corrected chi connectivity index (χ4v) is 3.82. The fraction of sp³-hybridized carbons (Fsp3) is 0.786. The van der Waals surface area contributed by atoms with E-state index in [0.717, 1.165) is 44.2 Å². The van der Waals surface area contributed by atoms with E-state index in [1.165, 1.54) is 12.8 Å². The first-order valence-corrected chi connectivity index (χ1v) is 7.76. The summed E-state index contributed by atoms with van der Waals surface area (Å²) in [5.41, 5.74) is 11.8. The number of rotatable bonds is 2. The van der Waals surface area contributed by atoms with Crippen LogP contribution in [-0.2, 0) is 0 Å².